The normalized spacial score (nSPS) is 12.5. The zero-order valence-electron chi connectivity index (χ0n) is 7.91. The van der Waals surface area contributed by atoms with E-state index in [1.54, 1.807) is 13.1 Å². The summed E-state index contributed by atoms with van der Waals surface area (Å²) >= 11 is 7.09. The summed E-state index contributed by atoms with van der Waals surface area (Å²) in [5.74, 6) is -0.285. The van der Waals surface area contributed by atoms with E-state index in [0.29, 0.717) is 10.9 Å². The fourth-order valence-electron chi connectivity index (χ4n) is 0.870. The predicted octanol–water partition coefficient (Wildman–Crippen LogP) is 1.45. The lowest BCUT2D eigenvalue weighted by Crippen LogP contribution is -2.34. The van der Waals surface area contributed by atoms with Crippen molar-refractivity contribution in [1.82, 2.24) is 10.3 Å². The van der Waals surface area contributed by atoms with Gasteiger partial charge in [-0.25, -0.2) is 4.98 Å². The zero-order valence-corrected chi connectivity index (χ0v) is 9.48. The summed E-state index contributed by atoms with van der Waals surface area (Å²) in [6, 6.07) is -0.331. The number of rotatable bonds is 4. The molecule has 1 N–H and O–H groups in total. The average Bonchev–Trinajstić information content (AvgIpc) is 2.59. The molecule has 0 aromatic carbocycles. The third-order valence-corrected chi connectivity index (χ3v) is 2.75. The molecule has 78 valence electrons. The van der Waals surface area contributed by atoms with Gasteiger partial charge in [0.15, 0.2) is 0 Å². The van der Waals surface area contributed by atoms with Gasteiger partial charge >= 0.3 is 5.97 Å². The number of hydrogen-bond donors (Lipinski definition) is 1. The molecule has 14 heavy (non-hydrogen) atoms. The summed E-state index contributed by atoms with van der Waals surface area (Å²) in [5.41, 5.74) is 0. The van der Waals surface area contributed by atoms with Gasteiger partial charge in [0.2, 0.25) is 0 Å². The minimum Gasteiger partial charge on any atom is -0.468 e. The number of thiazole rings is 1. The van der Waals surface area contributed by atoms with Crippen LogP contribution in [0.2, 0.25) is 4.34 Å². The fraction of sp³-hybridized carbons (Fsp3) is 0.500. The van der Waals surface area contributed by atoms with E-state index in [1.807, 2.05) is 0 Å². The van der Waals surface area contributed by atoms with E-state index < -0.39 is 0 Å². The molecule has 0 aliphatic carbocycles. The smallest absolute Gasteiger partial charge is 0.322 e. The molecular weight excluding hydrogens is 224 g/mol. The maximum atomic E-state index is 11.0. The van der Waals surface area contributed by atoms with E-state index in [0.717, 1.165) is 5.01 Å². The second kappa shape index (κ2) is 5.29. The Labute approximate surface area is 91.2 Å². The Morgan fingerprint density at radius 1 is 1.86 bits per heavy atom. The van der Waals surface area contributed by atoms with Crippen molar-refractivity contribution in [3.8, 4) is 0 Å². The molecule has 0 radical (unpaired) electrons. The van der Waals surface area contributed by atoms with Gasteiger partial charge in [-0.3, -0.25) is 10.1 Å². The third kappa shape index (κ3) is 3.25. The molecule has 1 aromatic rings. The van der Waals surface area contributed by atoms with Crippen molar-refractivity contribution in [2.75, 3.05) is 7.11 Å². The molecule has 0 saturated heterocycles. The molecule has 0 aliphatic rings. The van der Waals surface area contributed by atoms with Gasteiger partial charge in [0, 0.05) is 6.54 Å². The highest BCUT2D eigenvalue weighted by molar-refractivity contribution is 7.15. The Morgan fingerprint density at radius 3 is 3.07 bits per heavy atom. The van der Waals surface area contributed by atoms with Crippen molar-refractivity contribution < 1.29 is 9.53 Å². The molecule has 1 rings (SSSR count). The van der Waals surface area contributed by atoms with Crippen LogP contribution in [0.5, 0.6) is 0 Å². The Kier molecular flexibility index (Phi) is 4.31. The number of carbonyl (C=O) groups is 1. The summed E-state index contributed by atoms with van der Waals surface area (Å²) < 4.78 is 5.21. The van der Waals surface area contributed by atoms with Crippen LogP contribution in [0.3, 0.4) is 0 Å². The topological polar surface area (TPSA) is 51.2 Å². The third-order valence-electron chi connectivity index (χ3n) is 1.64. The van der Waals surface area contributed by atoms with Gasteiger partial charge in [0.1, 0.15) is 15.4 Å². The summed E-state index contributed by atoms with van der Waals surface area (Å²) in [6.07, 6.45) is 1.59. The fourth-order valence-corrected chi connectivity index (χ4v) is 1.78. The van der Waals surface area contributed by atoms with Gasteiger partial charge in [-0.15, -0.1) is 11.3 Å². The SMILES string of the molecule is COC(=O)[C@H](C)NCc1ncc(Cl)s1. The number of nitrogens with one attached hydrogen (secondary N) is 1. The highest BCUT2D eigenvalue weighted by Crippen LogP contribution is 2.17. The molecule has 0 fully saturated rings. The molecular formula is C8H11ClN2O2S. The molecule has 1 heterocycles. The molecule has 4 nitrogen and oxygen atoms in total. The molecule has 1 aromatic heterocycles. The Bertz CT molecular complexity index is 316. The number of carbonyl (C=O) groups excluding carboxylic acids is 1. The van der Waals surface area contributed by atoms with Gasteiger partial charge < -0.3 is 4.74 Å². The maximum Gasteiger partial charge on any atom is 0.322 e. The second-order valence-electron chi connectivity index (χ2n) is 2.68. The van der Waals surface area contributed by atoms with Crippen molar-refractivity contribution in [2.24, 2.45) is 0 Å². The molecule has 0 amide bonds. The van der Waals surface area contributed by atoms with Crippen molar-refractivity contribution >= 4 is 28.9 Å². The highest BCUT2D eigenvalue weighted by Gasteiger charge is 2.12. The number of methoxy groups -OCH3 is 1. The van der Waals surface area contributed by atoms with Gasteiger partial charge in [-0.1, -0.05) is 11.6 Å². The average molecular weight is 235 g/mol. The van der Waals surface area contributed by atoms with Gasteiger partial charge in [-0.05, 0) is 6.92 Å². The molecule has 0 saturated carbocycles. The van der Waals surface area contributed by atoms with Gasteiger partial charge in [-0.2, -0.15) is 0 Å². The van der Waals surface area contributed by atoms with E-state index in [9.17, 15) is 4.79 Å². The largest absolute Gasteiger partial charge is 0.468 e. The van der Waals surface area contributed by atoms with Crippen LogP contribution in [-0.2, 0) is 16.1 Å². The van der Waals surface area contributed by atoms with Crippen LogP contribution < -0.4 is 5.32 Å². The predicted molar refractivity (Wildman–Crippen MR) is 55.4 cm³/mol. The number of nitrogens with zero attached hydrogens (tertiary/aromatic N) is 1. The van der Waals surface area contributed by atoms with Crippen LogP contribution in [0.4, 0.5) is 0 Å². The monoisotopic (exact) mass is 234 g/mol. The Hall–Kier alpha value is -0.650. The minimum absolute atomic E-state index is 0.285. The van der Waals surface area contributed by atoms with Gasteiger partial charge in [0.05, 0.1) is 13.3 Å². The van der Waals surface area contributed by atoms with Crippen LogP contribution in [0.15, 0.2) is 6.20 Å². The van der Waals surface area contributed by atoms with E-state index in [1.165, 1.54) is 18.4 Å². The number of esters is 1. The quantitative estimate of drug-likeness (QED) is 0.802. The van der Waals surface area contributed by atoms with E-state index in [2.05, 4.69) is 15.0 Å². The molecule has 0 unspecified atom stereocenters. The van der Waals surface area contributed by atoms with Gasteiger partial charge in [0.25, 0.3) is 0 Å². The second-order valence-corrected chi connectivity index (χ2v) is 4.43. The number of halogens is 1. The van der Waals surface area contributed by atoms with Crippen LogP contribution in [0.25, 0.3) is 0 Å². The number of aromatic nitrogens is 1. The maximum absolute atomic E-state index is 11.0. The van der Waals surface area contributed by atoms with Crippen molar-refractivity contribution in [1.29, 1.82) is 0 Å². The van der Waals surface area contributed by atoms with Crippen molar-refractivity contribution in [3.05, 3.63) is 15.5 Å². The van der Waals surface area contributed by atoms with Crippen LogP contribution >= 0.6 is 22.9 Å². The van der Waals surface area contributed by atoms with E-state index >= 15 is 0 Å². The summed E-state index contributed by atoms with van der Waals surface area (Å²) in [6.45, 7) is 2.26. The standard InChI is InChI=1S/C8H11ClN2O2S/c1-5(8(12)13-2)10-4-7-11-3-6(9)14-7/h3,5,10H,4H2,1-2H3/t5-/m0/s1. The van der Waals surface area contributed by atoms with Crippen molar-refractivity contribution in [2.45, 2.75) is 19.5 Å². The Balaban J connectivity index is 2.37. The summed E-state index contributed by atoms with van der Waals surface area (Å²) in [7, 11) is 1.36. The molecule has 1 atom stereocenters. The van der Waals surface area contributed by atoms with Crippen molar-refractivity contribution in [3.63, 3.8) is 0 Å². The lowest BCUT2D eigenvalue weighted by atomic mass is 10.3. The number of hydrogen-bond acceptors (Lipinski definition) is 5. The molecule has 0 spiro atoms. The first kappa shape index (κ1) is 11.4. The Morgan fingerprint density at radius 2 is 2.57 bits per heavy atom. The first-order chi connectivity index (χ1) is 6.63. The zero-order chi connectivity index (χ0) is 10.6. The lowest BCUT2D eigenvalue weighted by Gasteiger charge is -2.09. The summed E-state index contributed by atoms with van der Waals surface area (Å²) in [5, 5.41) is 3.83. The number of ether oxygens (including phenoxy) is 1. The first-order valence-corrected chi connectivity index (χ1v) is 5.24. The van der Waals surface area contributed by atoms with Crippen LogP contribution in [0, 0.1) is 0 Å². The first-order valence-electron chi connectivity index (χ1n) is 4.05. The van der Waals surface area contributed by atoms with Crippen LogP contribution in [0.1, 0.15) is 11.9 Å². The van der Waals surface area contributed by atoms with Crippen LogP contribution in [-0.4, -0.2) is 24.1 Å². The molecule has 0 bridgehead atoms. The van der Waals surface area contributed by atoms with E-state index in [-0.39, 0.29) is 12.0 Å². The highest BCUT2D eigenvalue weighted by atomic mass is 35.5. The molecule has 0 aliphatic heterocycles. The summed E-state index contributed by atoms with van der Waals surface area (Å²) in [4.78, 5) is 15.1. The minimum atomic E-state index is -0.331. The van der Waals surface area contributed by atoms with E-state index in [4.69, 9.17) is 11.6 Å². The lowest BCUT2D eigenvalue weighted by molar-refractivity contribution is -0.142. The molecule has 6 heteroatoms.